The van der Waals surface area contributed by atoms with Crippen LogP contribution in [0.4, 0.5) is 0 Å². The van der Waals surface area contributed by atoms with Crippen LogP contribution in [0.15, 0.2) is 72.8 Å². The molecule has 0 atom stereocenters. The molecule has 1 aromatic heterocycles. The molecule has 1 heterocycles. The van der Waals surface area contributed by atoms with Gasteiger partial charge in [-0.25, -0.2) is 4.98 Å². The van der Waals surface area contributed by atoms with E-state index in [1.54, 1.807) is 28.8 Å². The summed E-state index contributed by atoms with van der Waals surface area (Å²) in [5, 5.41) is 0. The maximum absolute atomic E-state index is 13.1. The number of Topliss-reactive ketones (excluding diaryl/α,β-unsaturated/α-hetero) is 1. The largest absolute Gasteiger partial charge is 0.313 e. The summed E-state index contributed by atoms with van der Waals surface area (Å²) >= 11 is 0. The van der Waals surface area contributed by atoms with Gasteiger partial charge in [-0.2, -0.15) is 0 Å². The van der Waals surface area contributed by atoms with E-state index in [4.69, 9.17) is 0 Å². The van der Waals surface area contributed by atoms with E-state index in [2.05, 4.69) is 4.98 Å². The van der Waals surface area contributed by atoms with Crippen molar-refractivity contribution in [2.75, 3.05) is 0 Å². The number of hydrogen-bond acceptors (Lipinski definition) is 3. The Bertz CT molecular complexity index is 1180. The summed E-state index contributed by atoms with van der Waals surface area (Å²) in [6.45, 7) is 4.10. The molecule has 0 saturated carbocycles. The number of aromatic nitrogens is 2. The molecule has 0 aliphatic carbocycles. The third-order valence-corrected chi connectivity index (χ3v) is 5.00. The first-order valence-electron chi connectivity index (χ1n) is 9.20. The fourth-order valence-electron chi connectivity index (χ4n) is 3.29. The van der Waals surface area contributed by atoms with Gasteiger partial charge in [0.2, 0.25) is 5.78 Å². The van der Waals surface area contributed by atoms with Crippen molar-refractivity contribution in [3.8, 4) is 0 Å². The molecule has 0 saturated heterocycles. The number of hydrogen-bond donors (Lipinski definition) is 0. The van der Waals surface area contributed by atoms with Crippen molar-refractivity contribution in [3.63, 3.8) is 0 Å². The molecule has 0 aliphatic rings. The van der Waals surface area contributed by atoms with E-state index in [1.165, 1.54) is 0 Å². The zero-order valence-electron chi connectivity index (χ0n) is 15.8. The Morgan fingerprint density at radius 2 is 1.39 bits per heavy atom. The van der Waals surface area contributed by atoms with Crippen LogP contribution in [0.25, 0.3) is 11.0 Å². The van der Waals surface area contributed by atoms with Gasteiger partial charge in [-0.05, 0) is 37.1 Å². The zero-order valence-corrected chi connectivity index (χ0v) is 15.8. The van der Waals surface area contributed by atoms with Gasteiger partial charge in [0, 0.05) is 11.1 Å². The van der Waals surface area contributed by atoms with Gasteiger partial charge in [0.15, 0.2) is 11.6 Å². The first-order chi connectivity index (χ1) is 13.5. The number of rotatable bonds is 5. The number of nitrogens with zero attached hydrogens (tertiary/aromatic N) is 2. The number of imidazole rings is 1. The van der Waals surface area contributed by atoms with Crippen molar-refractivity contribution in [2.45, 2.75) is 20.4 Å². The molecule has 4 aromatic rings. The number of ketones is 2. The molecule has 0 fully saturated rings. The second-order valence-corrected chi connectivity index (χ2v) is 6.93. The second kappa shape index (κ2) is 7.24. The Labute approximate surface area is 163 Å². The van der Waals surface area contributed by atoms with Crippen molar-refractivity contribution in [1.29, 1.82) is 0 Å². The SMILES string of the molecule is Cc1cc2nc(C(=O)c3ccccc3)n(CC(=O)c3ccccc3)c2cc1C. The predicted octanol–water partition coefficient (Wildman–Crippen LogP) is 4.77. The van der Waals surface area contributed by atoms with Gasteiger partial charge in [0.05, 0.1) is 17.6 Å². The molecule has 4 rings (SSSR count). The number of fused-ring (bicyclic) bond motifs is 1. The number of carbonyl (C=O) groups is 2. The lowest BCUT2D eigenvalue weighted by Crippen LogP contribution is -2.17. The summed E-state index contributed by atoms with van der Waals surface area (Å²) in [4.78, 5) is 30.6. The first kappa shape index (κ1) is 17.9. The molecule has 4 heteroatoms. The normalized spacial score (nSPS) is 10.9. The van der Waals surface area contributed by atoms with Gasteiger partial charge in [-0.1, -0.05) is 60.7 Å². The summed E-state index contributed by atoms with van der Waals surface area (Å²) < 4.78 is 1.74. The van der Waals surface area contributed by atoms with Crippen LogP contribution in [-0.4, -0.2) is 21.1 Å². The van der Waals surface area contributed by atoms with E-state index < -0.39 is 0 Å². The van der Waals surface area contributed by atoms with Crippen LogP contribution in [-0.2, 0) is 6.54 Å². The first-order valence-corrected chi connectivity index (χ1v) is 9.20. The molecule has 0 spiro atoms. The topological polar surface area (TPSA) is 52.0 Å². The highest BCUT2D eigenvalue weighted by molar-refractivity contribution is 6.09. The van der Waals surface area contributed by atoms with Gasteiger partial charge >= 0.3 is 0 Å². The summed E-state index contributed by atoms with van der Waals surface area (Å²) in [6, 6.07) is 22.1. The van der Waals surface area contributed by atoms with E-state index in [1.807, 2.05) is 62.4 Å². The Hall–Kier alpha value is -3.53. The van der Waals surface area contributed by atoms with E-state index in [9.17, 15) is 9.59 Å². The number of carbonyl (C=O) groups excluding carboxylic acids is 2. The van der Waals surface area contributed by atoms with Gasteiger partial charge in [-0.15, -0.1) is 0 Å². The monoisotopic (exact) mass is 368 g/mol. The van der Waals surface area contributed by atoms with Crippen LogP contribution in [0.5, 0.6) is 0 Å². The van der Waals surface area contributed by atoms with Crippen LogP contribution < -0.4 is 0 Å². The minimum atomic E-state index is -0.187. The maximum atomic E-state index is 13.1. The Morgan fingerprint density at radius 1 is 0.821 bits per heavy atom. The lowest BCUT2D eigenvalue weighted by Gasteiger charge is -2.09. The molecular weight excluding hydrogens is 348 g/mol. The zero-order chi connectivity index (χ0) is 19.7. The second-order valence-electron chi connectivity index (χ2n) is 6.93. The molecular formula is C24H20N2O2. The summed E-state index contributed by atoms with van der Waals surface area (Å²) in [6.07, 6.45) is 0. The van der Waals surface area contributed by atoms with E-state index in [0.717, 1.165) is 22.2 Å². The molecule has 0 aliphatic heterocycles. The molecule has 0 bridgehead atoms. The van der Waals surface area contributed by atoms with E-state index >= 15 is 0 Å². The fourth-order valence-corrected chi connectivity index (χ4v) is 3.29. The van der Waals surface area contributed by atoms with Crippen LogP contribution in [0.2, 0.25) is 0 Å². The predicted molar refractivity (Wildman–Crippen MR) is 110 cm³/mol. The lowest BCUT2D eigenvalue weighted by atomic mass is 10.1. The fraction of sp³-hybridized carbons (Fsp3) is 0.125. The third-order valence-electron chi connectivity index (χ3n) is 5.00. The highest BCUT2D eigenvalue weighted by atomic mass is 16.1. The van der Waals surface area contributed by atoms with Crippen molar-refractivity contribution in [2.24, 2.45) is 0 Å². The van der Waals surface area contributed by atoms with Crippen molar-refractivity contribution >= 4 is 22.6 Å². The molecule has 0 amide bonds. The van der Waals surface area contributed by atoms with Gasteiger partial charge in [0.1, 0.15) is 0 Å². The van der Waals surface area contributed by atoms with Crippen LogP contribution in [0.3, 0.4) is 0 Å². The summed E-state index contributed by atoms with van der Waals surface area (Å²) in [5.41, 5.74) is 4.89. The minimum Gasteiger partial charge on any atom is -0.313 e. The highest BCUT2D eigenvalue weighted by Crippen LogP contribution is 2.23. The molecule has 0 unspecified atom stereocenters. The number of benzene rings is 3. The van der Waals surface area contributed by atoms with Crippen molar-refractivity contribution in [1.82, 2.24) is 9.55 Å². The molecule has 4 nitrogen and oxygen atoms in total. The summed E-state index contributed by atoms with van der Waals surface area (Å²) in [5.74, 6) is 0.0451. The lowest BCUT2D eigenvalue weighted by molar-refractivity contribution is 0.0968. The van der Waals surface area contributed by atoms with Crippen LogP contribution in [0.1, 0.15) is 37.7 Å². The number of aryl methyl sites for hydroxylation is 2. The molecule has 0 radical (unpaired) electrons. The van der Waals surface area contributed by atoms with Gasteiger partial charge in [-0.3, -0.25) is 9.59 Å². The van der Waals surface area contributed by atoms with Crippen molar-refractivity contribution < 1.29 is 9.59 Å². The van der Waals surface area contributed by atoms with E-state index in [0.29, 0.717) is 11.1 Å². The standard InChI is InChI=1S/C24H20N2O2/c1-16-13-20-21(14-17(16)2)26(15-22(27)18-9-5-3-6-10-18)24(25-20)23(28)19-11-7-4-8-12-19/h3-14H,15H2,1-2H3. The third kappa shape index (κ3) is 3.25. The van der Waals surface area contributed by atoms with E-state index in [-0.39, 0.29) is 23.9 Å². The Kier molecular flexibility index (Phi) is 4.62. The average Bonchev–Trinajstić information content (AvgIpc) is 3.06. The quantitative estimate of drug-likeness (QED) is 0.477. The average molecular weight is 368 g/mol. The maximum Gasteiger partial charge on any atom is 0.228 e. The van der Waals surface area contributed by atoms with Crippen LogP contribution >= 0.6 is 0 Å². The van der Waals surface area contributed by atoms with Gasteiger partial charge in [0.25, 0.3) is 0 Å². The minimum absolute atomic E-state index is 0.0553. The van der Waals surface area contributed by atoms with Crippen LogP contribution in [0, 0.1) is 13.8 Å². The molecule has 0 N–H and O–H groups in total. The molecule has 28 heavy (non-hydrogen) atoms. The smallest absolute Gasteiger partial charge is 0.228 e. The Morgan fingerprint density at radius 3 is 2.04 bits per heavy atom. The highest BCUT2D eigenvalue weighted by Gasteiger charge is 2.21. The summed E-state index contributed by atoms with van der Waals surface area (Å²) in [7, 11) is 0. The van der Waals surface area contributed by atoms with Gasteiger partial charge < -0.3 is 4.57 Å². The Balaban J connectivity index is 1.85. The molecule has 3 aromatic carbocycles. The molecule has 138 valence electrons. The van der Waals surface area contributed by atoms with Crippen molar-refractivity contribution in [3.05, 3.63) is 101 Å².